The Bertz CT molecular complexity index is 950. The number of hydrogen-bond donors (Lipinski definition) is 1. The van der Waals surface area contributed by atoms with E-state index in [9.17, 15) is 9.59 Å². The molecule has 5 nitrogen and oxygen atoms in total. The maximum Gasteiger partial charge on any atom is 0.262 e. The van der Waals surface area contributed by atoms with Crippen LogP contribution >= 0.6 is 11.8 Å². The molecule has 4 rings (SSSR count). The van der Waals surface area contributed by atoms with Crippen molar-refractivity contribution < 1.29 is 4.79 Å². The quantitative estimate of drug-likeness (QED) is 0.611. The second-order valence-electron chi connectivity index (χ2n) is 7.62. The van der Waals surface area contributed by atoms with E-state index in [0.29, 0.717) is 22.6 Å². The van der Waals surface area contributed by atoms with Crippen molar-refractivity contribution in [2.24, 2.45) is 0 Å². The molecule has 2 aromatic rings. The highest BCUT2D eigenvalue weighted by Gasteiger charge is 2.24. The van der Waals surface area contributed by atoms with Crippen molar-refractivity contribution in [3.63, 3.8) is 0 Å². The Kier molecular flexibility index (Phi) is 6.15. The van der Waals surface area contributed by atoms with Crippen molar-refractivity contribution in [1.82, 2.24) is 14.9 Å². The van der Waals surface area contributed by atoms with E-state index in [1.165, 1.54) is 30.2 Å². The molecule has 1 aromatic heterocycles. The van der Waals surface area contributed by atoms with Crippen LogP contribution in [0.5, 0.6) is 0 Å². The van der Waals surface area contributed by atoms with E-state index < -0.39 is 0 Å². The number of carbonyl (C=O) groups excluding carboxylic acids is 1. The summed E-state index contributed by atoms with van der Waals surface area (Å²) in [6, 6.07) is 7.50. The van der Waals surface area contributed by atoms with Crippen molar-refractivity contribution >= 4 is 28.6 Å². The molecule has 1 N–H and O–H groups in total. The highest BCUT2D eigenvalue weighted by Crippen LogP contribution is 2.28. The normalized spacial score (nSPS) is 20.5. The van der Waals surface area contributed by atoms with E-state index in [1.807, 2.05) is 24.3 Å². The first kappa shape index (κ1) is 19.2. The minimum atomic E-state index is -0.185. The molecule has 1 amide bonds. The summed E-state index contributed by atoms with van der Waals surface area (Å²) in [5.74, 6) is 0.0615. The minimum Gasteiger partial charge on any atom is -0.355 e. The summed E-state index contributed by atoms with van der Waals surface area (Å²) in [4.78, 5) is 30.4. The van der Waals surface area contributed by atoms with Crippen LogP contribution in [0, 0.1) is 0 Å². The Balaban J connectivity index is 1.67. The molecule has 6 heteroatoms. The predicted octanol–water partition coefficient (Wildman–Crippen LogP) is 4.05. The van der Waals surface area contributed by atoms with Crippen LogP contribution in [-0.4, -0.2) is 27.3 Å². The molecule has 0 bridgehead atoms. The molecule has 1 fully saturated rings. The number of carbonyl (C=O) groups is 1. The number of fused-ring (bicyclic) bond motifs is 1. The Morgan fingerprint density at radius 2 is 2.04 bits per heavy atom. The molecule has 0 radical (unpaired) electrons. The van der Waals surface area contributed by atoms with Crippen LogP contribution in [0.4, 0.5) is 0 Å². The van der Waals surface area contributed by atoms with E-state index in [-0.39, 0.29) is 16.7 Å². The lowest BCUT2D eigenvalue weighted by molar-refractivity contribution is -0.120. The number of para-hydroxylation sites is 1. The fourth-order valence-corrected chi connectivity index (χ4v) is 5.15. The molecule has 2 heterocycles. The molecule has 1 aromatic carbocycles. The lowest BCUT2D eigenvalue weighted by atomic mass is 9.97. The molecule has 0 spiro atoms. The number of benzene rings is 1. The number of nitrogens with one attached hydrogen (secondary N) is 1. The first-order valence-corrected chi connectivity index (χ1v) is 11.2. The standard InChI is InChI=1S/C22H27N3O2S/c26-20-19(12-6-7-14-23-20)28-22-24-18-11-5-4-10-17(18)21(27)25(22)15-13-16-8-2-1-3-9-16/h4-5,8,10-11,19H,1-3,6-7,9,12-15H2,(H,23,26). The molecular formula is C22H27N3O2S. The van der Waals surface area contributed by atoms with Gasteiger partial charge in [0.25, 0.3) is 5.56 Å². The summed E-state index contributed by atoms with van der Waals surface area (Å²) in [6.45, 7) is 1.36. The van der Waals surface area contributed by atoms with E-state index >= 15 is 0 Å². The first-order valence-electron chi connectivity index (χ1n) is 10.3. The number of thioether (sulfide) groups is 1. The zero-order valence-electron chi connectivity index (χ0n) is 16.2. The molecule has 28 heavy (non-hydrogen) atoms. The average molecular weight is 398 g/mol. The molecule has 0 saturated carbocycles. The lowest BCUT2D eigenvalue weighted by Gasteiger charge is -2.18. The molecular weight excluding hydrogens is 370 g/mol. The maximum atomic E-state index is 13.2. The van der Waals surface area contributed by atoms with Crippen LogP contribution in [0.2, 0.25) is 0 Å². The van der Waals surface area contributed by atoms with Gasteiger partial charge in [-0.3, -0.25) is 14.2 Å². The third-order valence-corrected chi connectivity index (χ3v) is 6.86. The van der Waals surface area contributed by atoms with E-state index in [2.05, 4.69) is 11.4 Å². The van der Waals surface area contributed by atoms with Gasteiger partial charge in [-0.15, -0.1) is 0 Å². The highest BCUT2D eigenvalue weighted by molar-refractivity contribution is 8.00. The fourth-order valence-electron chi connectivity index (χ4n) is 3.97. The van der Waals surface area contributed by atoms with Crippen LogP contribution in [0.3, 0.4) is 0 Å². The smallest absolute Gasteiger partial charge is 0.262 e. The fraction of sp³-hybridized carbons (Fsp3) is 0.500. The van der Waals surface area contributed by atoms with Crippen molar-refractivity contribution in [2.45, 2.75) is 68.3 Å². The second kappa shape index (κ2) is 8.95. The number of rotatable bonds is 5. The first-order chi connectivity index (χ1) is 13.7. The van der Waals surface area contributed by atoms with Crippen molar-refractivity contribution in [1.29, 1.82) is 0 Å². The SMILES string of the molecule is O=C1NCCCCC1Sc1nc2ccccc2c(=O)n1CCC1=CCCCC1. The van der Waals surface area contributed by atoms with Gasteiger partial charge in [-0.05, 0) is 57.1 Å². The molecule has 1 unspecified atom stereocenters. The van der Waals surface area contributed by atoms with Crippen molar-refractivity contribution in [3.05, 3.63) is 46.3 Å². The van der Waals surface area contributed by atoms with Gasteiger partial charge in [-0.2, -0.15) is 0 Å². The Labute approximate surface area is 169 Å². The van der Waals surface area contributed by atoms with Gasteiger partial charge in [0.05, 0.1) is 16.2 Å². The minimum absolute atomic E-state index is 0.00135. The zero-order valence-corrected chi connectivity index (χ0v) is 17.0. The number of amides is 1. The molecule has 148 valence electrons. The van der Waals surface area contributed by atoms with Gasteiger partial charge in [-0.25, -0.2) is 4.98 Å². The average Bonchev–Trinajstić information content (AvgIpc) is 2.93. The maximum absolute atomic E-state index is 13.2. The summed E-state index contributed by atoms with van der Waals surface area (Å²) in [5, 5.41) is 4.12. The summed E-state index contributed by atoms with van der Waals surface area (Å²) in [7, 11) is 0. The zero-order chi connectivity index (χ0) is 19.3. The predicted molar refractivity (Wildman–Crippen MR) is 114 cm³/mol. The Morgan fingerprint density at radius 1 is 1.14 bits per heavy atom. The van der Waals surface area contributed by atoms with Crippen LogP contribution in [-0.2, 0) is 11.3 Å². The molecule has 2 aliphatic rings. The van der Waals surface area contributed by atoms with E-state index in [1.54, 1.807) is 4.57 Å². The van der Waals surface area contributed by atoms with Gasteiger partial charge in [0.2, 0.25) is 5.91 Å². The van der Waals surface area contributed by atoms with E-state index in [4.69, 9.17) is 4.98 Å². The summed E-state index contributed by atoms with van der Waals surface area (Å²) < 4.78 is 1.79. The number of aromatic nitrogens is 2. The van der Waals surface area contributed by atoms with Gasteiger partial charge in [0.1, 0.15) is 0 Å². The summed E-state index contributed by atoms with van der Waals surface area (Å²) >= 11 is 1.45. The van der Waals surface area contributed by atoms with Gasteiger partial charge < -0.3 is 5.32 Å². The summed E-state index contributed by atoms with van der Waals surface area (Å²) in [5.41, 5.74) is 2.14. The molecule has 1 aliphatic carbocycles. The molecule has 1 atom stereocenters. The number of hydrogen-bond acceptors (Lipinski definition) is 4. The Hall–Kier alpha value is -2.08. The van der Waals surface area contributed by atoms with Crippen molar-refractivity contribution in [2.75, 3.05) is 6.54 Å². The van der Waals surface area contributed by atoms with Crippen molar-refractivity contribution in [3.8, 4) is 0 Å². The van der Waals surface area contributed by atoms with Gasteiger partial charge in [0.15, 0.2) is 5.16 Å². The third kappa shape index (κ3) is 4.32. The highest BCUT2D eigenvalue weighted by atomic mass is 32.2. The molecule has 1 aliphatic heterocycles. The largest absolute Gasteiger partial charge is 0.355 e. The van der Waals surface area contributed by atoms with Gasteiger partial charge >= 0.3 is 0 Å². The lowest BCUT2D eigenvalue weighted by Crippen LogP contribution is -2.32. The number of allylic oxidation sites excluding steroid dienone is 2. The third-order valence-electron chi connectivity index (χ3n) is 5.60. The van der Waals surface area contributed by atoms with Gasteiger partial charge in [0, 0.05) is 13.1 Å². The summed E-state index contributed by atoms with van der Waals surface area (Å²) in [6.07, 6.45) is 10.8. The van der Waals surface area contributed by atoms with Crippen LogP contribution in [0.25, 0.3) is 10.9 Å². The monoisotopic (exact) mass is 397 g/mol. The molecule has 1 saturated heterocycles. The van der Waals surface area contributed by atoms with Crippen LogP contribution in [0.1, 0.15) is 51.4 Å². The van der Waals surface area contributed by atoms with Gasteiger partial charge in [-0.1, -0.05) is 42.0 Å². The van der Waals surface area contributed by atoms with Crippen LogP contribution < -0.4 is 10.9 Å². The Morgan fingerprint density at radius 3 is 2.89 bits per heavy atom. The topological polar surface area (TPSA) is 64.0 Å². The van der Waals surface area contributed by atoms with Crippen LogP contribution in [0.15, 0.2) is 45.9 Å². The van der Waals surface area contributed by atoms with E-state index in [0.717, 1.165) is 45.1 Å². The number of nitrogens with zero attached hydrogens (tertiary/aromatic N) is 2. The second-order valence-corrected chi connectivity index (χ2v) is 8.79.